The van der Waals surface area contributed by atoms with Crippen molar-refractivity contribution in [2.24, 2.45) is 0 Å². The van der Waals surface area contributed by atoms with Gasteiger partial charge in [-0.2, -0.15) is 0 Å². The molecule has 0 N–H and O–H groups in total. The van der Waals surface area contributed by atoms with E-state index in [2.05, 4.69) is 217 Å². The molecule has 0 saturated carbocycles. The molecule has 10 aromatic carbocycles. The Morgan fingerprint density at radius 1 is 0.312 bits per heavy atom. The average molecular weight is 816 g/mol. The van der Waals surface area contributed by atoms with Crippen LogP contribution in [-0.2, 0) is 5.41 Å². The minimum atomic E-state index is -0.464. The SMILES string of the molecule is c1ccc(-c2ccc(N(c3ccc4c(c3)C3(c5ccccc5-c5ccccc53)c3ccccc3-4)c3ccc4oc5c(-c6ccccc6)c6c(cc5c4c3)oc3ccccc36)cc2)cc1. The largest absolute Gasteiger partial charge is 0.456 e. The van der Waals surface area contributed by atoms with Crippen LogP contribution in [0.1, 0.15) is 22.3 Å². The molecular formula is C61H37NO2. The molecule has 3 nitrogen and oxygen atoms in total. The lowest BCUT2D eigenvalue weighted by Crippen LogP contribution is -2.26. The van der Waals surface area contributed by atoms with Crippen LogP contribution in [0.2, 0.25) is 0 Å². The van der Waals surface area contributed by atoms with Crippen LogP contribution in [-0.4, -0.2) is 0 Å². The van der Waals surface area contributed by atoms with Gasteiger partial charge in [-0.1, -0.05) is 170 Å². The van der Waals surface area contributed by atoms with Crippen LogP contribution in [0.5, 0.6) is 0 Å². The van der Waals surface area contributed by atoms with Gasteiger partial charge in [-0.15, -0.1) is 0 Å². The molecule has 64 heavy (non-hydrogen) atoms. The number of hydrogen-bond donors (Lipinski definition) is 0. The molecule has 298 valence electrons. The Hall–Kier alpha value is -8.40. The van der Waals surface area contributed by atoms with Gasteiger partial charge in [0.05, 0.1) is 5.41 Å². The lowest BCUT2D eigenvalue weighted by molar-refractivity contribution is 0.664. The Bertz CT molecular complexity index is 3780. The molecule has 0 amide bonds. The van der Waals surface area contributed by atoms with E-state index in [4.69, 9.17) is 8.83 Å². The Morgan fingerprint density at radius 2 is 0.828 bits per heavy atom. The van der Waals surface area contributed by atoms with E-state index in [1.165, 1.54) is 55.6 Å². The summed E-state index contributed by atoms with van der Waals surface area (Å²) in [6, 6.07) is 81.4. The maximum Gasteiger partial charge on any atom is 0.144 e. The molecule has 3 heteroatoms. The third-order valence-corrected chi connectivity index (χ3v) is 13.9. The van der Waals surface area contributed by atoms with Gasteiger partial charge < -0.3 is 13.7 Å². The number of hydrogen-bond acceptors (Lipinski definition) is 3. The number of furan rings is 2. The summed E-state index contributed by atoms with van der Waals surface area (Å²) in [6.07, 6.45) is 0. The van der Waals surface area contributed by atoms with Crippen LogP contribution in [0.3, 0.4) is 0 Å². The second kappa shape index (κ2) is 13.3. The highest BCUT2D eigenvalue weighted by Gasteiger charge is 2.51. The molecule has 0 unspecified atom stereocenters. The van der Waals surface area contributed by atoms with E-state index in [1.54, 1.807) is 0 Å². The fraction of sp³-hybridized carbons (Fsp3) is 0.0164. The second-order valence-corrected chi connectivity index (χ2v) is 17.1. The van der Waals surface area contributed by atoms with Crippen LogP contribution >= 0.6 is 0 Å². The summed E-state index contributed by atoms with van der Waals surface area (Å²) in [5, 5.41) is 4.19. The summed E-state index contributed by atoms with van der Waals surface area (Å²) in [5.74, 6) is 0. The molecule has 0 saturated heterocycles. The normalized spacial score (nSPS) is 13.1. The Kier molecular flexibility index (Phi) is 7.32. The molecule has 0 aliphatic heterocycles. The van der Waals surface area contributed by atoms with Crippen molar-refractivity contribution < 1.29 is 8.83 Å². The molecule has 2 aliphatic carbocycles. The summed E-state index contributed by atoms with van der Waals surface area (Å²) in [7, 11) is 0. The zero-order valence-electron chi connectivity index (χ0n) is 34.6. The van der Waals surface area contributed by atoms with Gasteiger partial charge in [-0.05, 0) is 116 Å². The third kappa shape index (κ3) is 4.81. The fourth-order valence-corrected chi connectivity index (χ4v) is 11.2. The predicted molar refractivity (Wildman–Crippen MR) is 263 cm³/mol. The number of para-hydroxylation sites is 1. The summed E-state index contributed by atoms with van der Waals surface area (Å²) in [6.45, 7) is 0. The maximum absolute atomic E-state index is 6.94. The van der Waals surface area contributed by atoms with Crippen molar-refractivity contribution in [1.82, 2.24) is 0 Å². The summed E-state index contributed by atoms with van der Waals surface area (Å²) in [4.78, 5) is 2.41. The highest BCUT2D eigenvalue weighted by Crippen LogP contribution is 2.63. The summed E-state index contributed by atoms with van der Waals surface area (Å²) >= 11 is 0. The van der Waals surface area contributed by atoms with Gasteiger partial charge in [-0.3, -0.25) is 0 Å². The third-order valence-electron chi connectivity index (χ3n) is 13.9. The maximum atomic E-state index is 6.94. The standard InChI is InChI=1S/C61H37NO2/c1-3-15-38(16-4-1)39-27-29-41(30-28-39)62(43-31-33-47-46-21-9-13-25-53(46)61(54(47)36-43)51-23-11-7-19-44(51)45-20-8-12-24-52(45)61)42-32-34-56-49(35-42)50-37-57-59(48-22-10-14-26-55(48)63-57)58(60(50)64-56)40-17-5-2-6-18-40/h1-37H. The predicted octanol–water partition coefficient (Wildman–Crippen LogP) is 16.6. The molecule has 0 atom stereocenters. The van der Waals surface area contributed by atoms with Gasteiger partial charge in [0.25, 0.3) is 0 Å². The van der Waals surface area contributed by atoms with Gasteiger partial charge in [0.1, 0.15) is 22.3 Å². The quantitative estimate of drug-likeness (QED) is 0.173. The first-order valence-corrected chi connectivity index (χ1v) is 22.0. The molecule has 12 aromatic rings. The Morgan fingerprint density at radius 3 is 1.52 bits per heavy atom. The number of benzene rings is 10. The Balaban J connectivity index is 1.02. The molecule has 1 spiro atoms. The smallest absolute Gasteiger partial charge is 0.144 e. The molecule has 0 fully saturated rings. The molecular weight excluding hydrogens is 779 g/mol. The minimum absolute atomic E-state index is 0.464. The van der Waals surface area contributed by atoms with E-state index in [-0.39, 0.29) is 0 Å². The summed E-state index contributed by atoms with van der Waals surface area (Å²) in [5.41, 5.74) is 21.0. The number of nitrogens with zero attached hydrogens (tertiary/aromatic N) is 1. The van der Waals surface area contributed by atoms with Crippen molar-refractivity contribution in [2.75, 3.05) is 4.90 Å². The highest BCUT2D eigenvalue weighted by atomic mass is 16.3. The van der Waals surface area contributed by atoms with Crippen molar-refractivity contribution in [3.8, 4) is 44.5 Å². The number of anilines is 3. The van der Waals surface area contributed by atoms with Gasteiger partial charge in [0, 0.05) is 44.2 Å². The van der Waals surface area contributed by atoms with Crippen LogP contribution in [0.4, 0.5) is 17.1 Å². The van der Waals surface area contributed by atoms with Crippen LogP contribution in [0.15, 0.2) is 233 Å². The van der Waals surface area contributed by atoms with Crippen LogP contribution < -0.4 is 4.90 Å². The van der Waals surface area contributed by atoms with Crippen molar-refractivity contribution in [3.05, 3.63) is 247 Å². The lowest BCUT2D eigenvalue weighted by Gasteiger charge is -2.32. The first-order valence-electron chi connectivity index (χ1n) is 22.0. The summed E-state index contributed by atoms with van der Waals surface area (Å²) < 4.78 is 13.6. The monoisotopic (exact) mass is 815 g/mol. The van der Waals surface area contributed by atoms with E-state index in [9.17, 15) is 0 Å². The molecule has 2 aromatic heterocycles. The molecule has 0 radical (unpaired) electrons. The Labute approximate surface area is 369 Å². The van der Waals surface area contributed by atoms with Gasteiger partial charge in [-0.25, -0.2) is 0 Å². The van der Waals surface area contributed by atoms with Crippen LogP contribution in [0, 0.1) is 0 Å². The van der Waals surface area contributed by atoms with Crippen molar-refractivity contribution in [2.45, 2.75) is 5.41 Å². The van der Waals surface area contributed by atoms with E-state index >= 15 is 0 Å². The van der Waals surface area contributed by atoms with Crippen molar-refractivity contribution in [1.29, 1.82) is 0 Å². The van der Waals surface area contributed by atoms with Crippen molar-refractivity contribution >= 4 is 60.9 Å². The van der Waals surface area contributed by atoms with E-state index in [0.29, 0.717) is 0 Å². The topological polar surface area (TPSA) is 29.5 Å². The minimum Gasteiger partial charge on any atom is -0.456 e. The van der Waals surface area contributed by atoms with Gasteiger partial charge in [0.2, 0.25) is 0 Å². The zero-order chi connectivity index (χ0) is 41.9. The van der Waals surface area contributed by atoms with Crippen molar-refractivity contribution in [3.63, 3.8) is 0 Å². The fourth-order valence-electron chi connectivity index (χ4n) is 11.2. The first-order chi connectivity index (χ1) is 31.7. The van der Waals surface area contributed by atoms with E-state index in [1.807, 2.05) is 12.1 Å². The molecule has 14 rings (SSSR count). The first kappa shape index (κ1) is 35.2. The second-order valence-electron chi connectivity index (χ2n) is 17.1. The van der Waals surface area contributed by atoms with Gasteiger partial charge in [0.15, 0.2) is 0 Å². The molecule has 2 aliphatic rings. The van der Waals surface area contributed by atoms with Crippen LogP contribution in [0.25, 0.3) is 88.4 Å². The molecule has 0 bridgehead atoms. The average Bonchev–Trinajstić information content (AvgIpc) is 4.09. The highest BCUT2D eigenvalue weighted by molar-refractivity contribution is 6.23. The molecule has 2 heterocycles. The number of fused-ring (bicyclic) bond motifs is 16. The zero-order valence-corrected chi connectivity index (χ0v) is 34.6. The van der Waals surface area contributed by atoms with E-state index in [0.717, 1.165) is 72.1 Å². The van der Waals surface area contributed by atoms with E-state index < -0.39 is 5.41 Å². The van der Waals surface area contributed by atoms with Gasteiger partial charge >= 0.3 is 0 Å². The number of rotatable bonds is 5. The lowest BCUT2D eigenvalue weighted by atomic mass is 9.70.